The highest BCUT2D eigenvalue weighted by Gasteiger charge is 2.17. The summed E-state index contributed by atoms with van der Waals surface area (Å²) in [5.41, 5.74) is 0. The minimum absolute atomic E-state index is 0.199. The molecule has 0 radical (unpaired) electrons. The fraction of sp³-hybridized carbons (Fsp3) is 0.917. The van der Waals surface area contributed by atoms with Crippen molar-refractivity contribution in [3.63, 3.8) is 0 Å². The van der Waals surface area contributed by atoms with Gasteiger partial charge in [-0.05, 0) is 32.9 Å². The summed E-state index contributed by atoms with van der Waals surface area (Å²) in [6, 6.07) is 0. The topological polar surface area (TPSA) is 50.4 Å². The van der Waals surface area contributed by atoms with E-state index in [0.717, 1.165) is 38.8 Å². The van der Waals surface area contributed by atoms with Gasteiger partial charge in [-0.1, -0.05) is 26.7 Å². The Bertz CT molecular complexity index is 164. The third-order valence-corrected chi connectivity index (χ3v) is 2.28. The Morgan fingerprint density at radius 2 is 1.56 bits per heavy atom. The number of ether oxygens (including phenoxy) is 1. The number of nitrogens with one attached hydrogen (secondary N) is 2. The number of unbranched alkanes of at least 4 members (excludes halogenated alkanes) is 2. The molecule has 0 spiro atoms. The standard InChI is InChI=1S/C12H26N2O2/c1-4-7-9-13-11(12(15)16-6-3)14-10-8-5-2/h11,13-14H,4-10H2,1-3H3. The lowest BCUT2D eigenvalue weighted by Gasteiger charge is -2.18. The van der Waals surface area contributed by atoms with Crippen LogP contribution in [0.2, 0.25) is 0 Å². The minimum atomic E-state index is -0.349. The number of hydrogen-bond acceptors (Lipinski definition) is 4. The van der Waals surface area contributed by atoms with Crippen LogP contribution in [-0.4, -0.2) is 31.8 Å². The van der Waals surface area contributed by atoms with E-state index < -0.39 is 0 Å². The molecule has 2 N–H and O–H groups in total. The maximum atomic E-state index is 11.6. The van der Waals surface area contributed by atoms with E-state index in [1.165, 1.54) is 0 Å². The zero-order valence-corrected chi connectivity index (χ0v) is 10.8. The lowest BCUT2D eigenvalue weighted by molar-refractivity contribution is -0.146. The molecule has 0 atom stereocenters. The van der Waals surface area contributed by atoms with Crippen molar-refractivity contribution in [2.24, 2.45) is 0 Å². The van der Waals surface area contributed by atoms with Crippen molar-refractivity contribution in [1.82, 2.24) is 10.6 Å². The summed E-state index contributed by atoms with van der Waals surface area (Å²) in [4.78, 5) is 11.6. The van der Waals surface area contributed by atoms with Gasteiger partial charge < -0.3 is 4.74 Å². The van der Waals surface area contributed by atoms with Crippen LogP contribution in [0, 0.1) is 0 Å². The number of carbonyl (C=O) groups excluding carboxylic acids is 1. The molecule has 0 saturated heterocycles. The summed E-state index contributed by atoms with van der Waals surface area (Å²) in [6.07, 6.45) is 4.05. The first-order chi connectivity index (χ1) is 7.76. The van der Waals surface area contributed by atoms with Crippen molar-refractivity contribution in [2.75, 3.05) is 19.7 Å². The number of carbonyl (C=O) groups is 1. The largest absolute Gasteiger partial charge is 0.464 e. The lowest BCUT2D eigenvalue weighted by atomic mass is 10.3. The number of hydrogen-bond donors (Lipinski definition) is 2. The van der Waals surface area contributed by atoms with Gasteiger partial charge in [-0.3, -0.25) is 10.6 Å². The van der Waals surface area contributed by atoms with E-state index in [1.54, 1.807) is 0 Å². The maximum Gasteiger partial charge on any atom is 0.338 e. The second-order valence-electron chi connectivity index (χ2n) is 3.80. The molecule has 0 amide bonds. The summed E-state index contributed by atoms with van der Waals surface area (Å²) in [6.45, 7) is 8.21. The van der Waals surface area contributed by atoms with Gasteiger partial charge in [-0.15, -0.1) is 0 Å². The average molecular weight is 230 g/mol. The van der Waals surface area contributed by atoms with Gasteiger partial charge in [-0.25, -0.2) is 4.79 Å². The number of esters is 1. The predicted molar refractivity (Wildman–Crippen MR) is 66.2 cm³/mol. The molecule has 0 fully saturated rings. The quantitative estimate of drug-likeness (QED) is 0.340. The van der Waals surface area contributed by atoms with Crippen molar-refractivity contribution in [1.29, 1.82) is 0 Å². The van der Waals surface area contributed by atoms with Crippen molar-refractivity contribution in [3.8, 4) is 0 Å². The first-order valence-corrected chi connectivity index (χ1v) is 6.39. The summed E-state index contributed by atoms with van der Waals surface area (Å²) >= 11 is 0. The second-order valence-corrected chi connectivity index (χ2v) is 3.80. The van der Waals surface area contributed by atoms with Crippen molar-refractivity contribution >= 4 is 5.97 Å². The van der Waals surface area contributed by atoms with E-state index in [-0.39, 0.29) is 12.1 Å². The summed E-state index contributed by atoms with van der Waals surface area (Å²) < 4.78 is 5.00. The van der Waals surface area contributed by atoms with E-state index in [1.807, 2.05) is 6.92 Å². The Morgan fingerprint density at radius 3 is 1.94 bits per heavy atom. The molecule has 16 heavy (non-hydrogen) atoms. The fourth-order valence-electron chi connectivity index (χ4n) is 1.31. The maximum absolute atomic E-state index is 11.6. The monoisotopic (exact) mass is 230 g/mol. The van der Waals surface area contributed by atoms with Crippen molar-refractivity contribution < 1.29 is 9.53 Å². The smallest absolute Gasteiger partial charge is 0.338 e. The zero-order valence-electron chi connectivity index (χ0n) is 10.8. The Labute approximate surface area is 99.1 Å². The van der Waals surface area contributed by atoms with Gasteiger partial charge >= 0.3 is 5.97 Å². The molecule has 0 rings (SSSR count). The highest BCUT2D eigenvalue weighted by molar-refractivity contribution is 5.75. The Hall–Kier alpha value is -0.610. The van der Waals surface area contributed by atoms with E-state index in [2.05, 4.69) is 24.5 Å². The Balaban J connectivity index is 3.89. The van der Waals surface area contributed by atoms with Gasteiger partial charge in [0, 0.05) is 0 Å². The summed E-state index contributed by atoms with van der Waals surface area (Å²) in [5.74, 6) is -0.199. The highest BCUT2D eigenvalue weighted by Crippen LogP contribution is 1.91. The molecule has 96 valence electrons. The SMILES string of the molecule is CCCCNC(NCCCC)C(=O)OCC. The van der Waals surface area contributed by atoms with Crippen LogP contribution >= 0.6 is 0 Å². The Morgan fingerprint density at radius 1 is 1.06 bits per heavy atom. The summed E-state index contributed by atoms with van der Waals surface area (Å²) in [7, 11) is 0. The third kappa shape index (κ3) is 7.65. The molecule has 0 saturated carbocycles. The van der Waals surface area contributed by atoms with Gasteiger partial charge in [-0.2, -0.15) is 0 Å². The molecule has 0 aromatic heterocycles. The molecule has 0 heterocycles. The van der Waals surface area contributed by atoms with E-state index >= 15 is 0 Å². The minimum Gasteiger partial charge on any atom is -0.464 e. The van der Waals surface area contributed by atoms with Crippen LogP contribution in [0.1, 0.15) is 46.5 Å². The normalized spacial score (nSPS) is 10.8. The van der Waals surface area contributed by atoms with Crippen LogP contribution in [-0.2, 0) is 9.53 Å². The first kappa shape index (κ1) is 15.4. The average Bonchev–Trinajstić information content (AvgIpc) is 2.28. The summed E-state index contributed by atoms with van der Waals surface area (Å²) in [5, 5.41) is 6.36. The molecule has 4 nitrogen and oxygen atoms in total. The van der Waals surface area contributed by atoms with Crippen LogP contribution < -0.4 is 10.6 Å². The fourth-order valence-corrected chi connectivity index (χ4v) is 1.31. The third-order valence-electron chi connectivity index (χ3n) is 2.28. The van der Waals surface area contributed by atoms with Crippen LogP contribution in [0.4, 0.5) is 0 Å². The van der Waals surface area contributed by atoms with Crippen LogP contribution in [0.25, 0.3) is 0 Å². The molecule has 0 aromatic rings. The molecule has 0 aromatic carbocycles. The zero-order chi connectivity index (χ0) is 12.2. The first-order valence-electron chi connectivity index (χ1n) is 6.39. The molecule has 4 heteroatoms. The van der Waals surface area contributed by atoms with Gasteiger partial charge in [0.1, 0.15) is 0 Å². The van der Waals surface area contributed by atoms with Crippen molar-refractivity contribution in [2.45, 2.75) is 52.6 Å². The molecular weight excluding hydrogens is 204 g/mol. The van der Waals surface area contributed by atoms with E-state index in [0.29, 0.717) is 6.61 Å². The molecular formula is C12H26N2O2. The van der Waals surface area contributed by atoms with E-state index in [9.17, 15) is 4.79 Å². The van der Waals surface area contributed by atoms with Crippen LogP contribution in [0.3, 0.4) is 0 Å². The van der Waals surface area contributed by atoms with Gasteiger partial charge in [0.05, 0.1) is 6.61 Å². The molecule has 0 bridgehead atoms. The number of rotatable bonds is 10. The van der Waals surface area contributed by atoms with E-state index in [4.69, 9.17) is 4.74 Å². The van der Waals surface area contributed by atoms with Crippen molar-refractivity contribution in [3.05, 3.63) is 0 Å². The molecule has 0 aliphatic heterocycles. The predicted octanol–water partition coefficient (Wildman–Crippen LogP) is 1.66. The van der Waals surface area contributed by atoms with Crippen LogP contribution in [0.15, 0.2) is 0 Å². The lowest BCUT2D eigenvalue weighted by Crippen LogP contribution is -2.49. The second kappa shape index (κ2) is 10.9. The van der Waals surface area contributed by atoms with Crippen LogP contribution in [0.5, 0.6) is 0 Å². The van der Waals surface area contributed by atoms with Gasteiger partial charge in [0.2, 0.25) is 0 Å². The molecule has 0 aliphatic carbocycles. The van der Waals surface area contributed by atoms with Gasteiger partial charge in [0.25, 0.3) is 0 Å². The van der Waals surface area contributed by atoms with Gasteiger partial charge in [0.15, 0.2) is 6.17 Å². The Kier molecular flexibility index (Phi) is 10.5. The highest BCUT2D eigenvalue weighted by atomic mass is 16.5. The molecule has 0 aliphatic rings. The molecule has 0 unspecified atom stereocenters.